The van der Waals surface area contributed by atoms with E-state index in [0.717, 1.165) is 0 Å². The second-order valence-corrected chi connectivity index (χ2v) is 8.36. The molecule has 9 heteroatoms. The minimum absolute atomic E-state index is 0.237. The number of hydrogen-bond acceptors (Lipinski definition) is 5. The Bertz CT molecular complexity index is 1030. The third kappa shape index (κ3) is 3.16. The molecule has 0 radical (unpaired) electrons. The molecular weight excluding hydrogens is 447 g/mol. The van der Waals surface area contributed by atoms with Gasteiger partial charge in [0.15, 0.2) is 5.11 Å². The fourth-order valence-electron chi connectivity index (χ4n) is 4.17. The maximum absolute atomic E-state index is 13.1. The van der Waals surface area contributed by atoms with Crippen LogP contribution in [0.4, 0.5) is 5.69 Å². The van der Waals surface area contributed by atoms with Crippen LogP contribution in [0.15, 0.2) is 36.4 Å². The highest BCUT2D eigenvalue weighted by Gasteiger charge is 2.60. The van der Waals surface area contributed by atoms with Gasteiger partial charge in [0.2, 0.25) is 5.72 Å². The molecule has 2 aliphatic rings. The molecule has 2 aromatic rings. The summed E-state index contributed by atoms with van der Waals surface area (Å²) in [4.78, 5) is 14.9. The van der Waals surface area contributed by atoms with Crippen molar-refractivity contribution in [2.75, 3.05) is 18.6 Å². The molecule has 2 heterocycles. The number of carbonyl (C=O) groups excluding carboxylic acids is 1. The van der Waals surface area contributed by atoms with Gasteiger partial charge < -0.3 is 19.5 Å². The molecular formula is C21H20Cl2N2O4S. The van der Waals surface area contributed by atoms with Crippen LogP contribution in [0.2, 0.25) is 10.0 Å². The predicted molar refractivity (Wildman–Crippen MR) is 120 cm³/mol. The summed E-state index contributed by atoms with van der Waals surface area (Å²) in [6.45, 7) is 3.80. The molecule has 30 heavy (non-hydrogen) atoms. The predicted octanol–water partition coefficient (Wildman–Crippen LogP) is 4.73. The number of hydrogen-bond donors (Lipinski definition) is 1. The third-order valence-electron chi connectivity index (χ3n) is 5.38. The lowest BCUT2D eigenvalue weighted by molar-refractivity contribution is -0.159. The van der Waals surface area contributed by atoms with Crippen molar-refractivity contribution < 1.29 is 19.0 Å². The largest absolute Gasteiger partial charge is 0.495 e. The molecule has 3 unspecified atom stereocenters. The van der Waals surface area contributed by atoms with Crippen molar-refractivity contribution in [3.8, 4) is 11.5 Å². The van der Waals surface area contributed by atoms with E-state index in [9.17, 15) is 4.79 Å². The van der Waals surface area contributed by atoms with Crippen molar-refractivity contribution in [3.63, 3.8) is 0 Å². The van der Waals surface area contributed by atoms with Gasteiger partial charge in [0.05, 0.1) is 30.5 Å². The molecule has 3 atom stereocenters. The summed E-state index contributed by atoms with van der Waals surface area (Å²) in [5.41, 5.74) is 0.0876. The fourth-order valence-corrected chi connectivity index (χ4v) is 5.13. The summed E-state index contributed by atoms with van der Waals surface area (Å²) in [6, 6.07) is 10.2. The maximum Gasteiger partial charge on any atom is 0.317 e. The third-order valence-corrected chi connectivity index (χ3v) is 6.18. The van der Waals surface area contributed by atoms with E-state index in [1.807, 2.05) is 24.3 Å². The number of halogens is 2. The highest BCUT2D eigenvalue weighted by molar-refractivity contribution is 7.80. The summed E-state index contributed by atoms with van der Waals surface area (Å²) in [6.07, 6.45) is 0. The number of anilines is 1. The molecule has 158 valence electrons. The molecule has 1 N–H and O–H groups in total. The summed E-state index contributed by atoms with van der Waals surface area (Å²) >= 11 is 18.4. The van der Waals surface area contributed by atoms with Gasteiger partial charge in [0.25, 0.3) is 0 Å². The molecule has 2 aromatic carbocycles. The molecule has 1 fully saturated rings. The Kier molecular flexibility index (Phi) is 5.46. The van der Waals surface area contributed by atoms with E-state index in [-0.39, 0.29) is 6.61 Å². The quantitative estimate of drug-likeness (QED) is 0.516. The van der Waals surface area contributed by atoms with Gasteiger partial charge in [-0.1, -0.05) is 35.3 Å². The first-order valence-electron chi connectivity index (χ1n) is 9.40. The van der Waals surface area contributed by atoms with Gasteiger partial charge in [0.1, 0.15) is 17.4 Å². The van der Waals surface area contributed by atoms with E-state index in [4.69, 9.17) is 49.6 Å². The Balaban J connectivity index is 1.95. The summed E-state index contributed by atoms with van der Waals surface area (Å²) in [5.74, 6) is -0.137. The number of ether oxygens (including phenoxy) is 3. The summed E-state index contributed by atoms with van der Waals surface area (Å²) < 4.78 is 17.4. The zero-order valence-electron chi connectivity index (χ0n) is 16.6. The average Bonchev–Trinajstić information content (AvgIpc) is 2.69. The van der Waals surface area contributed by atoms with E-state index in [2.05, 4.69) is 5.32 Å². The first-order valence-corrected chi connectivity index (χ1v) is 10.6. The second kappa shape index (κ2) is 7.80. The number of fused-ring (bicyclic) bond motifs is 4. The Hall–Kier alpha value is -2.22. The Morgan fingerprint density at radius 2 is 2.07 bits per heavy atom. The molecule has 0 saturated carbocycles. The van der Waals surface area contributed by atoms with E-state index in [0.29, 0.717) is 37.9 Å². The monoisotopic (exact) mass is 466 g/mol. The van der Waals surface area contributed by atoms with Crippen molar-refractivity contribution in [3.05, 3.63) is 52.0 Å². The van der Waals surface area contributed by atoms with Crippen LogP contribution in [0.3, 0.4) is 0 Å². The molecule has 1 saturated heterocycles. The van der Waals surface area contributed by atoms with Gasteiger partial charge in [0, 0.05) is 10.6 Å². The van der Waals surface area contributed by atoms with Gasteiger partial charge >= 0.3 is 5.97 Å². The number of nitrogens with zero attached hydrogens (tertiary/aromatic N) is 1. The topological polar surface area (TPSA) is 60.0 Å². The zero-order chi connectivity index (χ0) is 21.6. The lowest BCUT2D eigenvalue weighted by Gasteiger charge is -2.55. The molecule has 2 aliphatic heterocycles. The number of para-hydroxylation sites is 2. The van der Waals surface area contributed by atoms with Crippen LogP contribution in [0.5, 0.6) is 11.5 Å². The Morgan fingerprint density at radius 1 is 1.33 bits per heavy atom. The molecule has 0 aliphatic carbocycles. The number of methoxy groups -OCH3 is 1. The fraction of sp³-hybridized carbons (Fsp3) is 0.333. The van der Waals surface area contributed by atoms with Crippen LogP contribution in [0.1, 0.15) is 25.5 Å². The maximum atomic E-state index is 13.1. The molecule has 0 spiro atoms. The van der Waals surface area contributed by atoms with Crippen molar-refractivity contribution in [1.29, 1.82) is 0 Å². The highest BCUT2D eigenvalue weighted by atomic mass is 35.5. The normalized spacial score (nSPS) is 24.4. The minimum Gasteiger partial charge on any atom is -0.495 e. The van der Waals surface area contributed by atoms with Gasteiger partial charge in [-0.25, -0.2) is 0 Å². The van der Waals surface area contributed by atoms with E-state index in [1.54, 1.807) is 38.0 Å². The van der Waals surface area contributed by atoms with Gasteiger partial charge in [-0.2, -0.15) is 0 Å². The standard InChI is InChI=1S/C21H20Cl2N2O4S/c1-4-28-19(26)16-17-12-9-11(22)10-13(23)18(12)29-21(16,2)25(20(30)24-17)14-7-5-6-8-15(14)27-3/h5-10,16-17H,4H2,1-3H3,(H,24,30). The van der Waals surface area contributed by atoms with Gasteiger partial charge in [-0.15, -0.1) is 0 Å². The van der Waals surface area contributed by atoms with Crippen LogP contribution in [0.25, 0.3) is 0 Å². The number of benzene rings is 2. The van der Waals surface area contributed by atoms with Crippen molar-refractivity contribution in [2.24, 2.45) is 5.92 Å². The Labute approximate surface area is 190 Å². The van der Waals surface area contributed by atoms with Crippen LogP contribution in [0, 0.1) is 5.92 Å². The van der Waals surface area contributed by atoms with Crippen LogP contribution >= 0.6 is 35.4 Å². The van der Waals surface area contributed by atoms with Gasteiger partial charge in [-0.3, -0.25) is 9.69 Å². The Morgan fingerprint density at radius 3 is 2.77 bits per heavy atom. The van der Waals surface area contributed by atoms with E-state index in [1.165, 1.54) is 0 Å². The number of carbonyl (C=O) groups is 1. The SMILES string of the molecule is CCOC(=O)C1C2NC(=S)N(c3ccccc3OC)C1(C)Oc1c(Cl)cc(Cl)cc12. The molecule has 0 aromatic heterocycles. The lowest BCUT2D eigenvalue weighted by Crippen LogP contribution is -2.71. The highest BCUT2D eigenvalue weighted by Crippen LogP contribution is 2.53. The minimum atomic E-state index is -1.22. The smallest absolute Gasteiger partial charge is 0.317 e. The zero-order valence-corrected chi connectivity index (χ0v) is 18.9. The van der Waals surface area contributed by atoms with Gasteiger partial charge in [-0.05, 0) is 50.3 Å². The second-order valence-electron chi connectivity index (χ2n) is 7.13. The number of thiocarbonyl (C=S) groups is 1. The molecule has 0 amide bonds. The average molecular weight is 467 g/mol. The van der Waals surface area contributed by atoms with E-state index < -0.39 is 23.7 Å². The molecule has 4 rings (SSSR count). The number of esters is 1. The molecule has 2 bridgehead atoms. The van der Waals surface area contributed by atoms with Crippen LogP contribution in [-0.4, -0.2) is 30.5 Å². The number of nitrogens with one attached hydrogen (secondary N) is 1. The first kappa shape index (κ1) is 21.0. The number of rotatable bonds is 4. The van der Waals surface area contributed by atoms with Crippen molar-refractivity contribution in [1.82, 2.24) is 5.32 Å². The lowest BCUT2D eigenvalue weighted by atomic mass is 9.79. The van der Waals surface area contributed by atoms with Crippen molar-refractivity contribution >= 4 is 52.2 Å². The van der Waals surface area contributed by atoms with Crippen molar-refractivity contribution in [2.45, 2.75) is 25.6 Å². The summed E-state index contributed by atoms with van der Waals surface area (Å²) in [7, 11) is 1.57. The molecule has 6 nitrogen and oxygen atoms in total. The summed E-state index contributed by atoms with van der Waals surface area (Å²) in [5, 5.41) is 4.45. The van der Waals surface area contributed by atoms with Crippen LogP contribution < -0.4 is 19.7 Å². The van der Waals surface area contributed by atoms with Crippen LogP contribution in [-0.2, 0) is 9.53 Å². The first-order chi connectivity index (χ1) is 14.3. The van der Waals surface area contributed by atoms with E-state index >= 15 is 0 Å².